The molecule has 26 heavy (non-hydrogen) atoms. The Balaban J connectivity index is 2.16. The van der Waals surface area contributed by atoms with Crippen molar-refractivity contribution in [2.45, 2.75) is 6.92 Å². The van der Waals surface area contributed by atoms with E-state index < -0.39 is 5.91 Å². The molecule has 8 heteroatoms. The van der Waals surface area contributed by atoms with Crippen molar-refractivity contribution in [3.05, 3.63) is 63.9 Å². The first-order chi connectivity index (χ1) is 12.5. The maximum Gasteiger partial charge on any atom is 0.291 e. The lowest BCUT2D eigenvalue weighted by atomic mass is 10.2. The number of aromatic nitrogens is 3. The molecule has 0 aliphatic rings. The summed E-state index contributed by atoms with van der Waals surface area (Å²) < 4.78 is 1.57. The average Bonchev–Trinajstić information content (AvgIpc) is 3.07. The van der Waals surface area contributed by atoms with E-state index in [1.807, 2.05) is 19.1 Å². The van der Waals surface area contributed by atoms with Crippen LogP contribution in [0.25, 0.3) is 17.1 Å². The van der Waals surface area contributed by atoms with E-state index in [-0.39, 0.29) is 19.0 Å². The fraction of sp³-hybridized carbons (Fsp3) is 0.167. The summed E-state index contributed by atoms with van der Waals surface area (Å²) in [6.45, 7) is 1.87. The van der Waals surface area contributed by atoms with E-state index in [4.69, 9.17) is 28.3 Å². The van der Waals surface area contributed by atoms with Gasteiger partial charge in [-0.1, -0.05) is 41.4 Å². The van der Waals surface area contributed by atoms with Crippen LogP contribution >= 0.6 is 23.2 Å². The van der Waals surface area contributed by atoms with Gasteiger partial charge in [0.15, 0.2) is 5.82 Å². The monoisotopic (exact) mass is 390 g/mol. The van der Waals surface area contributed by atoms with Crippen LogP contribution < -0.4 is 5.32 Å². The van der Waals surface area contributed by atoms with Crippen LogP contribution in [-0.2, 0) is 0 Å². The highest BCUT2D eigenvalue weighted by atomic mass is 35.5. The fourth-order valence-electron chi connectivity index (χ4n) is 2.45. The molecule has 0 saturated heterocycles. The predicted molar refractivity (Wildman–Crippen MR) is 101 cm³/mol. The van der Waals surface area contributed by atoms with Crippen molar-refractivity contribution >= 4 is 29.1 Å². The second-order valence-electron chi connectivity index (χ2n) is 5.59. The van der Waals surface area contributed by atoms with Crippen LogP contribution in [0, 0.1) is 6.92 Å². The number of aryl methyl sites for hydroxylation is 1. The van der Waals surface area contributed by atoms with Crippen molar-refractivity contribution in [1.82, 2.24) is 20.1 Å². The molecule has 134 valence electrons. The first kappa shape index (κ1) is 18.4. The lowest BCUT2D eigenvalue weighted by Crippen LogP contribution is -2.27. The van der Waals surface area contributed by atoms with Gasteiger partial charge in [0, 0.05) is 22.2 Å². The molecule has 1 amide bonds. The van der Waals surface area contributed by atoms with E-state index in [1.165, 1.54) is 0 Å². The van der Waals surface area contributed by atoms with Gasteiger partial charge in [-0.05, 0) is 36.8 Å². The van der Waals surface area contributed by atoms with Crippen LogP contribution in [0.5, 0.6) is 0 Å². The van der Waals surface area contributed by atoms with Crippen molar-refractivity contribution in [3.63, 3.8) is 0 Å². The molecule has 1 heterocycles. The number of hydrogen-bond acceptors (Lipinski definition) is 4. The minimum atomic E-state index is -0.472. The van der Waals surface area contributed by atoms with Gasteiger partial charge in [-0.15, -0.1) is 5.10 Å². The molecule has 1 aromatic heterocycles. The summed E-state index contributed by atoms with van der Waals surface area (Å²) in [6.07, 6.45) is 0. The maximum atomic E-state index is 12.2. The van der Waals surface area contributed by atoms with Crippen LogP contribution in [0.2, 0.25) is 10.0 Å². The van der Waals surface area contributed by atoms with Gasteiger partial charge in [0.2, 0.25) is 5.82 Å². The Morgan fingerprint density at radius 2 is 1.96 bits per heavy atom. The van der Waals surface area contributed by atoms with Crippen LogP contribution in [0.15, 0.2) is 42.5 Å². The molecule has 0 aliphatic heterocycles. The summed E-state index contributed by atoms with van der Waals surface area (Å²) in [5.41, 5.74) is 2.34. The number of amides is 1. The topological polar surface area (TPSA) is 80.0 Å². The van der Waals surface area contributed by atoms with Crippen molar-refractivity contribution in [3.8, 4) is 17.1 Å². The number of aliphatic hydroxyl groups is 1. The van der Waals surface area contributed by atoms with E-state index in [2.05, 4.69) is 15.4 Å². The van der Waals surface area contributed by atoms with E-state index in [1.54, 1.807) is 35.0 Å². The SMILES string of the molecule is Cc1ccc(Cl)cc1-n1nc(C(=O)NCCO)nc1-c1cccc(Cl)c1. The van der Waals surface area contributed by atoms with Gasteiger partial charge in [-0.2, -0.15) is 0 Å². The van der Waals surface area contributed by atoms with E-state index in [9.17, 15) is 4.79 Å². The predicted octanol–water partition coefficient (Wildman–Crippen LogP) is 3.27. The Morgan fingerprint density at radius 1 is 1.19 bits per heavy atom. The number of carbonyl (C=O) groups is 1. The standard InChI is InChI=1S/C18H16Cl2N4O2/c1-11-5-6-14(20)10-15(11)24-17(12-3-2-4-13(19)9-12)22-16(23-24)18(26)21-7-8-25/h2-6,9-10,25H,7-8H2,1H3,(H,21,26). The Labute approximate surface area is 160 Å². The normalized spacial score (nSPS) is 10.8. The van der Waals surface area contributed by atoms with E-state index in [0.717, 1.165) is 5.56 Å². The first-order valence-electron chi connectivity index (χ1n) is 7.88. The average molecular weight is 391 g/mol. The highest BCUT2D eigenvalue weighted by Gasteiger charge is 2.19. The third kappa shape index (κ3) is 3.88. The van der Waals surface area contributed by atoms with Gasteiger partial charge in [0.25, 0.3) is 5.91 Å². The molecule has 2 aromatic carbocycles. The zero-order valence-electron chi connectivity index (χ0n) is 13.9. The summed E-state index contributed by atoms with van der Waals surface area (Å²) in [4.78, 5) is 16.6. The zero-order valence-corrected chi connectivity index (χ0v) is 15.4. The Kier molecular flexibility index (Phi) is 5.56. The fourth-order valence-corrected chi connectivity index (χ4v) is 2.81. The molecule has 3 rings (SSSR count). The number of carbonyl (C=O) groups excluding carboxylic acids is 1. The summed E-state index contributed by atoms with van der Waals surface area (Å²) in [6, 6.07) is 12.5. The van der Waals surface area contributed by atoms with Crippen LogP contribution in [0.1, 0.15) is 16.2 Å². The quantitative estimate of drug-likeness (QED) is 0.700. The van der Waals surface area contributed by atoms with Gasteiger partial charge in [-0.3, -0.25) is 4.79 Å². The highest BCUT2D eigenvalue weighted by molar-refractivity contribution is 6.31. The number of rotatable bonds is 5. The molecule has 0 fully saturated rings. The van der Waals surface area contributed by atoms with Crippen molar-refractivity contribution in [2.24, 2.45) is 0 Å². The van der Waals surface area contributed by atoms with Gasteiger partial charge >= 0.3 is 0 Å². The minimum Gasteiger partial charge on any atom is -0.395 e. The molecule has 2 N–H and O–H groups in total. The summed E-state index contributed by atoms with van der Waals surface area (Å²) in [7, 11) is 0. The van der Waals surface area contributed by atoms with E-state index in [0.29, 0.717) is 27.1 Å². The van der Waals surface area contributed by atoms with Gasteiger partial charge in [0.05, 0.1) is 12.3 Å². The number of nitrogens with zero attached hydrogens (tertiary/aromatic N) is 3. The minimum absolute atomic E-state index is 0.00667. The molecule has 0 atom stereocenters. The number of benzene rings is 2. The van der Waals surface area contributed by atoms with Gasteiger partial charge < -0.3 is 10.4 Å². The number of hydrogen-bond donors (Lipinski definition) is 2. The smallest absolute Gasteiger partial charge is 0.291 e. The summed E-state index contributed by atoms with van der Waals surface area (Å²) in [5, 5.41) is 16.9. The second-order valence-corrected chi connectivity index (χ2v) is 6.46. The molecule has 0 saturated carbocycles. The number of halogens is 2. The maximum absolute atomic E-state index is 12.2. The van der Waals surface area contributed by atoms with Crippen molar-refractivity contribution in [1.29, 1.82) is 0 Å². The lowest BCUT2D eigenvalue weighted by molar-refractivity contribution is 0.0934. The third-order valence-corrected chi connectivity index (χ3v) is 4.16. The second kappa shape index (κ2) is 7.86. The van der Waals surface area contributed by atoms with Crippen LogP contribution in [0.4, 0.5) is 0 Å². The molecule has 0 spiro atoms. The number of aliphatic hydroxyl groups excluding tert-OH is 1. The van der Waals surface area contributed by atoms with E-state index >= 15 is 0 Å². The molecule has 6 nitrogen and oxygen atoms in total. The first-order valence-corrected chi connectivity index (χ1v) is 8.64. The Bertz CT molecular complexity index is 956. The molecule has 0 unspecified atom stereocenters. The molecule has 0 bridgehead atoms. The largest absolute Gasteiger partial charge is 0.395 e. The van der Waals surface area contributed by atoms with Gasteiger partial charge in [0.1, 0.15) is 0 Å². The van der Waals surface area contributed by atoms with Crippen molar-refractivity contribution in [2.75, 3.05) is 13.2 Å². The molecule has 0 aliphatic carbocycles. The molecule has 0 radical (unpaired) electrons. The molecular weight excluding hydrogens is 375 g/mol. The Hall–Kier alpha value is -2.41. The van der Waals surface area contributed by atoms with Crippen LogP contribution in [0.3, 0.4) is 0 Å². The van der Waals surface area contributed by atoms with Gasteiger partial charge in [-0.25, -0.2) is 9.67 Å². The zero-order chi connectivity index (χ0) is 18.7. The highest BCUT2D eigenvalue weighted by Crippen LogP contribution is 2.27. The Morgan fingerprint density at radius 3 is 2.69 bits per heavy atom. The summed E-state index contributed by atoms with van der Waals surface area (Å²) in [5.74, 6) is -0.0134. The van der Waals surface area contributed by atoms with Crippen molar-refractivity contribution < 1.29 is 9.90 Å². The number of nitrogens with one attached hydrogen (secondary N) is 1. The summed E-state index contributed by atoms with van der Waals surface area (Å²) >= 11 is 12.2. The van der Waals surface area contributed by atoms with Crippen LogP contribution in [-0.4, -0.2) is 38.9 Å². The molecular formula is C18H16Cl2N4O2. The molecule has 3 aromatic rings. The lowest BCUT2D eigenvalue weighted by Gasteiger charge is -2.09. The third-order valence-electron chi connectivity index (χ3n) is 3.69.